The van der Waals surface area contributed by atoms with Gasteiger partial charge in [-0.05, 0) is 18.9 Å². The standard InChI is InChI=1S/C14H22N2O/c1-3-17-14-7-5-4-6-12(14)9-16-8-11(2)13(15)10-16/h4-7,11,13H,3,8-10,15H2,1-2H3. The third-order valence-corrected chi connectivity index (χ3v) is 3.41. The Hall–Kier alpha value is -1.06. The highest BCUT2D eigenvalue weighted by molar-refractivity contribution is 5.33. The number of rotatable bonds is 4. The van der Waals surface area contributed by atoms with Crippen molar-refractivity contribution in [1.82, 2.24) is 4.90 Å². The molecule has 0 aliphatic carbocycles. The maximum absolute atomic E-state index is 6.05. The Morgan fingerprint density at radius 2 is 2.12 bits per heavy atom. The summed E-state index contributed by atoms with van der Waals surface area (Å²) in [6, 6.07) is 8.58. The van der Waals surface area contributed by atoms with Gasteiger partial charge < -0.3 is 10.5 Å². The molecule has 0 bridgehead atoms. The average molecular weight is 234 g/mol. The average Bonchev–Trinajstić information content (AvgIpc) is 2.61. The van der Waals surface area contributed by atoms with Gasteiger partial charge in [-0.25, -0.2) is 0 Å². The van der Waals surface area contributed by atoms with E-state index in [9.17, 15) is 0 Å². The molecule has 2 rings (SSSR count). The van der Waals surface area contributed by atoms with Crippen LogP contribution in [0.15, 0.2) is 24.3 Å². The molecular weight excluding hydrogens is 212 g/mol. The summed E-state index contributed by atoms with van der Waals surface area (Å²) in [6.45, 7) is 7.97. The molecule has 94 valence electrons. The number of nitrogens with two attached hydrogens (primary N) is 1. The van der Waals surface area contributed by atoms with Crippen LogP contribution in [0, 0.1) is 5.92 Å². The predicted octanol–water partition coefficient (Wildman–Crippen LogP) is 1.86. The summed E-state index contributed by atoms with van der Waals surface area (Å²) in [4.78, 5) is 2.41. The summed E-state index contributed by atoms with van der Waals surface area (Å²) < 4.78 is 5.64. The molecule has 1 fully saturated rings. The van der Waals surface area contributed by atoms with Crippen molar-refractivity contribution in [2.75, 3.05) is 19.7 Å². The van der Waals surface area contributed by atoms with Crippen LogP contribution in [0.4, 0.5) is 0 Å². The van der Waals surface area contributed by atoms with Crippen LogP contribution in [0.2, 0.25) is 0 Å². The highest BCUT2D eigenvalue weighted by Gasteiger charge is 2.26. The van der Waals surface area contributed by atoms with Gasteiger partial charge in [0, 0.05) is 31.2 Å². The zero-order chi connectivity index (χ0) is 12.3. The Kier molecular flexibility index (Phi) is 4.02. The third-order valence-electron chi connectivity index (χ3n) is 3.41. The topological polar surface area (TPSA) is 38.5 Å². The first-order valence-electron chi connectivity index (χ1n) is 6.39. The van der Waals surface area contributed by atoms with Gasteiger partial charge in [0.05, 0.1) is 6.61 Å². The van der Waals surface area contributed by atoms with E-state index in [4.69, 9.17) is 10.5 Å². The zero-order valence-electron chi connectivity index (χ0n) is 10.7. The van der Waals surface area contributed by atoms with Crippen molar-refractivity contribution in [3.63, 3.8) is 0 Å². The Labute approximate surface area is 104 Å². The van der Waals surface area contributed by atoms with E-state index in [-0.39, 0.29) is 0 Å². The number of nitrogens with zero attached hydrogens (tertiary/aromatic N) is 1. The smallest absolute Gasteiger partial charge is 0.123 e. The van der Waals surface area contributed by atoms with Gasteiger partial charge in [0.25, 0.3) is 0 Å². The fourth-order valence-electron chi connectivity index (χ4n) is 2.40. The van der Waals surface area contributed by atoms with Crippen LogP contribution in [0.1, 0.15) is 19.4 Å². The molecule has 2 N–H and O–H groups in total. The maximum Gasteiger partial charge on any atom is 0.123 e. The van der Waals surface area contributed by atoms with E-state index in [1.807, 2.05) is 19.1 Å². The van der Waals surface area contributed by atoms with Crippen molar-refractivity contribution in [2.45, 2.75) is 26.4 Å². The molecule has 17 heavy (non-hydrogen) atoms. The largest absolute Gasteiger partial charge is 0.494 e. The molecule has 2 atom stereocenters. The second kappa shape index (κ2) is 5.52. The highest BCUT2D eigenvalue weighted by atomic mass is 16.5. The molecule has 1 aliphatic rings. The minimum Gasteiger partial charge on any atom is -0.494 e. The van der Waals surface area contributed by atoms with Crippen molar-refractivity contribution in [1.29, 1.82) is 0 Å². The quantitative estimate of drug-likeness (QED) is 0.864. The molecule has 1 aromatic rings. The molecule has 1 heterocycles. The number of para-hydroxylation sites is 1. The predicted molar refractivity (Wildman–Crippen MR) is 70.0 cm³/mol. The normalized spacial score (nSPS) is 25.1. The molecule has 1 aliphatic heterocycles. The van der Waals surface area contributed by atoms with Gasteiger partial charge in [0.2, 0.25) is 0 Å². The summed E-state index contributed by atoms with van der Waals surface area (Å²) in [5.74, 6) is 1.59. The summed E-state index contributed by atoms with van der Waals surface area (Å²) in [7, 11) is 0. The van der Waals surface area contributed by atoms with Crippen LogP contribution in [-0.2, 0) is 6.54 Å². The van der Waals surface area contributed by atoms with Crippen molar-refractivity contribution < 1.29 is 4.74 Å². The summed E-state index contributed by atoms with van der Waals surface area (Å²) in [5.41, 5.74) is 7.31. The van der Waals surface area contributed by atoms with Crippen LogP contribution >= 0.6 is 0 Å². The summed E-state index contributed by atoms with van der Waals surface area (Å²) in [6.07, 6.45) is 0. The van der Waals surface area contributed by atoms with Gasteiger partial charge in [-0.15, -0.1) is 0 Å². The molecule has 2 unspecified atom stereocenters. The number of hydrogen-bond acceptors (Lipinski definition) is 3. The lowest BCUT2D eigenvalue weighted by atomic mass is 10.1. The van der Waals surface area contributed by atoms with Gasteiger partial charge in [0.15, 0.2) is 0 Å². The second-order valence-electron chi connectivity index (χ2n) is 4.88. The van der Waals surface area contributed by atoms with E-state index < -0.39 is 0 Å². The molecule has 1 saturated heterocycles. The van der Waals surface area contributed by atoms with Crippen LogP contribution in [0.5, 0.6) is 5.75 Å². The van der Waals surface area contributed by atoms with Gasteiger partial charge in [0.1, 0.15) is 5.75 Å². The first kappa shape index (κ1) is 12.4. The Morgan fingerprint density at radius 3 is 2.76 bits per heavy atom. The third kappa shape index (κ3) is 2.99. The molecule has 0 radical (unpaired) electrons. The molecule has 0 aromatic heterocycles. The number of benzene rings is 1. The Balaban J connectivity index is 2.03. The zero-order valence-corrected chi connectivity index (χ0v) is 10.7. The maximum atomic E-state index is 6.05. The molecule has 0 amide bonds. The second-order valence-corrected chi connectivity index (χ2v) is 4.88. The molecular formula is C14H22N2O. The Morgan fingerprint density at radius 1 is 1.35 bits per heavy atom. The van der Waals surface area contributed by atoms with Crippen molar-refractivity contribution >= 4 is 0 Å². The first-order valence-corrected chi connectivity index (χ1v) is 6.39. The van der Waals surface area contributed by atoms with Gasteiger partial charge in [-0.1, -0.05) is 25.1 Å². The SMILES string of the molecule is CCOc1ccccc1CN1CC(C)C(N)C1. The number of ether oxygens (including phenoxy) is 1. The molecule has 0 spiro atoms. The monoisotopic (exact) mass is 234 g/mol. The minimum absolute atomic E-state index is 0.314. The highest BCUT2D eigenvalue weighted by Crippen LogP contribution is 2.23. The summed E-state index contributed by atoms with van der Waals surface area (Å²) in [5, 5.41) is 0. The Bertz CT molecular complexity index is 357. The lowest BCUT2D eigenvalue weighted by molar-refractivity contribution is 0.298. The van der Waals surface area contributed by atoms with Crippen molar-refractivity contribution in [3.8, 4) is 5.75 Å². The van der Waals surface area contributed by atoms with Gasteiger partial charge in [-0.2, -0.15) is 0 Å². The number of likely N-dealkylation sites (tertiary alicyclic amines) is 1. The van der Waals surface area contributed by atoms with Gasteiger partial charge >= 0.3 is 0 Å². The van der Waals surface area contributed by atoms with E-state index in [1.54, 1.807) is 0 Å². The van der Waals surface area contributed by atoms with Gasteiger partial charge in [-0.3, -0.25) is 4.90 Å². The van der Waals surface area contributed by atoms with Crippen LogP contribution < -0.4 is 10.5 Å². The van der Waals surface area contributed by atoms with E-state index in [0.29, 0.717) is 18.6 Å². The van der Waals surface area contributed by atoms with E-state index in [1.165, 1.54) is 5.56 Å². The van der Waals surface area contributed by atoms with E-state index in [2.05, 4.69) is 24.0 Å². The lowest BCUT2D eigenvalue weighted by Gasteiger charge is -2.17. The van der Waals surface area contributed by atoms with Crippen molar-refractivity contribution in [3.05, 3.63) is 29.8 Å². The minimum atomic E-state index is 0.314. The van der Waals surface area contributed by atoms with E-state index >= 15 is 0 Å². The van der Waals surface area contributed by atoms with Crippen molar-refractivity contribution in [2.24, 2.45) is 11.7 Å². The lowest BCUT2D eigenvalue weighted by Crippen LogP contribution is -2.28. The van der Waals surface area contributed by atoms with Crippen LogP contribution in [0.25, 0.3) is 0 Å². The molecule has 3 heteroatoms. The van der Waals surface area contributed by atoms with E-state index in [0.717, 1.165) is 25.4 Å². The first-order chi connectivity index (χ1) is 8.20. The van der Waals surface area contributed by atoms with Crippen LogP contribution in [0.3, 0.4) is 0 Å². The fourth-order valence-corrected chi connectivity index (χ4v) is 2.40. The summed E-state index contributed by atoms with van der Waals surface area (Å²) >= 11 is 0. The van der Waals surface area contributed by atoms with Crippen LogP contribution in [-0.4, -0.2) is 30.6 Å². The molecule has 0 saturated carbocycles. The fraction of sp³-hybridized carbons (Fsp3) is 0.571. The number of hydrogen-bond donors (Lipinski definition) is 1. The molecule has 3 nitrogen and oxygen atoms in total. The molecule has 1 aromatic carbocycles.